The highest BCUT2D eigenvalue weighted by Crippen LogP contribution is 2.20. The fraction of sp³-hybridized carbons (Fsp3) is 0.500. The summed E-state index contributed by atoms with van der Waals surface area (Å²) in [4.78, 5) is 10.9. The van der Waals surface area contributed by atoms with E-state index in [-0.39, 0.29) is 12.0 Å². The fourth-order valence-corrected chi connectivity index (χ4v) is 1.53. The Morgan fingerprint density at radius 3 is 2.11 bits per heavy atom. The summed E-state index contributed by atoms with van der Waals surface area (Å²) in [5.74, 6) is -0.238. The number of carboxylic acids is 1. The van der Waals surface area contributed by atoms with E-state index in [2.05, 4.69) is 0 Å². The van der Waals surface area contributed by atoms with Gasteiger partial charge >= 0.3 is 5.97 Å². The molecule has 0 aliphatic carbocycles. The minimum absolute atomic E-state index is 0.245. The molecule has 0 saturated heterocycles. The summed E-state index contributed by atoms with van der Waals surface area (Å²) >= 11 is 0. The van der Waals surface area contributed by atoms with Crippen LogP contribution in [0.15, 0.2) is 24.3 Å². The molecule has 1 aromatic rings. The second-order valence-corrected chi connectivity index (χ2v) is 5.76. The molecule has 1 rings (SSSR count). The van der Waals surface area contributed by atoms with Gasteiger partial charge in [-0.2, -0.15) is 0 Å². The Balaban J connectivity index is 2.75. The van der Waals surface area contributed by atoms with E-state index >= 15 is 0 Å². The quantitative estimate of drug-likeness (QED) is 0.860. The predicted molar refractivity (Wildman–Crippen MR) is 70.8 cm³/mol. The molecule has 0 bridgehead atoms. The zero-order chi connectivity index (χ0) is 14.0. The molecule has 0 amide bonds. The number of benzene rings is 1. The third-order valence-corrected chi connectivity index (χ3v) is 2.41. The van der Waals surface area contributed by atoms with Crippen LogP contribution in [0.3, 0.4) is 0 Å². The second kappa shape index (κ2) is 4.98. The van der Waals surface area contributed by atoms with E-state index < -0.39 is 11.5 Å². The normalized spacial score (nSPS) is 14.9. The van der Waals surface area contributed by atoms with Gasteiger partial charge in [0, 0.05) is 6.42 Å². The number of carboxylic acid groups (broad SMARTS) is 1. The van der Waals surface area contributed by atoms with Gasteiger partial charge in [0.1, 0.15) is 16.9 Å². The Labute approximate surface area is 108 Å². The summed E-state index contributed by atoms with van der Waals surface area (Å²) in [6, 6.07) is 7.35. The Bertz CT molecular complexity index is 416. The molecule has 0 spiro atoms. The van der Waals surface area contributed by atoms with Gasteiger partial charge in [-0.05, 0) is 45.4 Å². The van der Waals surface area contributed by atoms with Crippen LogP contribution in [0.1, 0.15) is 33.3 Å². The summed E-state index contributed by atoms with van der Waals surface area (Å²) in [6.45, 7) is 7.43. The highest BCUT2D eigenvalue weighted by Gasteiger charge is 2.28. The van der Waals surface area contributed by atoms with Crippen LogP contribution in [0.4, 0.5) is 0 Å². The number of hydrogen-bond acceptors (Lipinski definition) is 3. The van der Waals surface area contributed by atoms with Crippen molar-refractivity contribution in [2.45, 2.75) is 45.3 Å². The van der Waals surface area contributed by atoms with Crippen LogP contribution in [0.2, 0.25) is 0 Å². The average molecular weight is 251 g/mol. The van der Waals surface area contributed by atoms with Crippen molar-refractivity contribution < 1.29 is 14.6 Å². The zero-order valence-electron chi connectivity index (χ0n) is 11.4. The topological polar surface area (TPSA) is 72.5 Å². The molecule has 1 atom stereocenters. The third-order valence-electron chi connectivity index (χ3n) is 2.41. The molecule has 1 aromatic carbocycles. The third kappa shape index (κ3) is 4.37. The van der Waals surface area contributed by atoms with E-state index in [0.29, 0.717) is 0 Å². The fourth-order valence-electron chi connectivity index (χ4n) is 1.53. The first-order chi connectivity index (χ1) is 8.10. The molecule has 3 N–H and O–H groups in total. The first kappa shape index (κ1) is 14.5. The summed E-state index contributed by atoms with van der Waals surface area (Å²) in [7, 11) is 0. The standard InChI is InChI=1S/C14H21NO3/c1-13(2,3)18-11-7-5-10(6-8-11)9-14(4,15)12(16)17/h5-8H,9,15H2,1-4H3,(H,16,17). The number of ether oxygens (including phenoxy) is 1. The van der Waals surface area contributed by atoms with Crippen LogP contribution in [-0.4, -0.2) is 22.2 Å². The Morgan fingerprint density at radius 1 is 1.22 bits per heavy atom. The van der Waals surface area contributed by atoms with Gasteiger partial charge in [-0.3, -0.25) is 4.79 Å². The van der Waals surface area contributed by atoms with Crippen molar-refractivity contribution in [3.05, 3.63) is 29.8 Å². The lowest BCUT2D eigenvalue weighted by Gasteiger charge is -2.22. The molecule has 18 heavy (non-hydrogen) atoms. The predicted octanol–water partition coefficient (Wildman–Crippen LogP) is 2.21. The first-order valence-corrected chi connectivity index (χ1v) is 5.90. The maximum Gasteiger partial charge on any atom is 0.323 e. The first-order valence-electron chi connectivity index (χ1n) is 5.90. The van der Waals surface area contributed by atoms with Crippen LogP contribution >= 0.6 is 0 Å². The summed E-state index contributed by atoms with van der Waals surface area (Å²) in [5, 5.41) is 8.96. The molecule has 0 saturated carbocycles. The van der Waals surface area contributed by atoms with Gasteiger partial charge in [0.05, 0.1) is 0 Å². The number of carbonyl (C=O) groups is 1. The van der Waals surface area contributed by atoms with Crippen molar-refractivity contribution in [3.8, 4) is 5.75 Å². The molecule has 100 valence electrons. The zero-order valence-corrected chi connectivity index (χ0v) is 11.4. The minimum Gasteiger partial charge on any atom is -0.488 e. The van der Waals surface area contributed by atoms with E-state index in [9.17, 15) is 4.79 Å². The van der Waals surface area contributed by atoms with E-state index in [4.69, 9.17) is 15.6 Å². The van der Waals surface area contributed by atoms with E-state index in [1.807, 2.05) is 45.0 Å². The number of aliphatic carboxylic acids is 1. The smallest absolute Gasteiger partial charge is 0.323 e. The minimum atomic E-state index is -1.24. The maximum atomic E-state index is 10.9. The van der Waals surface area contributed by atoms with Crippen LogP contribution in [0, 0.1) is 0 Å². The Hall–Kier alpha value is -1.55. The lowest BCUT2D eigenvalue weighted by Crippen LogP contribution is -2.46. The summed E-state index contributed by atoms with van der Waals surface area (Å²) in [5.41, 5.74) is 5.09. The van der Waals surface area contributed by atoms with Crippen molar-refractivity contribution in [1.29, 1.82) is 0 Å². The number of rotatable bonds is 4. The van der Waals surface area contributed by atoms with E-state index in [1.165, 1.54) is 6.92 Å². The Morgan fingerprint density at radius 2 is 1.72 bits per heavy atom. The molecule has 0 aromatic heterocycles. The maximum absolute atomic E-state index is 10.9. The molecule has 0 fully saturated rings. The van der Waals surface area contributed by atoms with E-state index in [0.717, 1.165) is 11.3 Å². The number of hydrogen-bond donors (Lipinski definition) is 2. The van der Waals surface area contributed by atoms with Crippen molar-refractivity contribution in [2.24, 2.45) is 5.73 Å². The Kier molecular flexibility index (Phi) is 4.02. The van der Waals surface area contributed by atoms with Crippen LogP contribution in [-0.2, 0) is 11.2 Å². The van der Waals surface area contributed by atoms with Crippen molar-refractivity contribution in [2.75, 3.05) is 0 Å². The summed E-state index contributed by atoms with van der Waals surface area (Å²) in [6.07, 6.45) is 0.290. The molecule has 4 heteroatoms. The van der Waals surface area contributed by atoms with Gasteiger partial charge in [0.2, 0.25) is 0 Å². The molecular weight excluding hydrogens is 230 g/mol. The highest BCUT2D eigenvalue weighted by molar-refractivity contribution is 5.78. The molecule has 0 heterocycles. The van der Waals surface area contributed by atoms with Gasteiger partial charge in [-0.25, -0.2) is 0 Å². The highest BCUT2D eigenvalue weighted by atomic mass is 16.5. The van der Waals surface area contributed by atoms with Gasteiger partial charge in [0.15, 0.2) is 0 Å². The van der Waals surface area contributed by atoms with Crippen molar-refractivity contribution in [1.82, 2.24) is 0 Å². The molecule has 0 radical (unpaired) electrons. The largest absolute Gasteiger partial charge is 0.488 e. The molecule has 0 aliphatic rings. The lowest BCUT2D eigenvalue weighted by molar-refractivity contribution is -0.142. The monoisotopic (exact) mass is 251 g/mol. The van der Waals surface area contributed by atoms with Crippen molar-refractivity contribution >= 4 is 5.97 Å². The van der Waals surface area contributed by atoms with Gasteiger partial charge < -0.3 is 15.6 Å². The van der Waals surface area contributed by atoms with Gasteiger partial charge in [0.25, 0.3) is 0 Å². The number of nitrogens with two attached hydrogens (primary N) is 1. The van der Waals surface area contributed by atoms with Crippen LogP contribution in [0.5, 0.6) is 5.75 Å². The van der Waals surface area contributed by atoms with E-state index in [1.54, 1.807) is 0 Å². The summed E-state index contributed by atoms with van der Waals surface area (Å²) < 4.78 is 5.69. The molecule has 4 nitrogen and oxygen atoms in total. The lowest BCUT2D eigenvalue weighted by atomic mass is 9.94. The second-order valence-electron chi connectivity index (χ2n) is 5.76. The average Bonchev–Trinajstić information content (AvgIpc) is 2.18. The molecule has 0 aliphatic heterocycles. The molecular formula is C14H21NO3. The molecule has 1 unspecified atom stereocenters. The van der Waals surface area contributed by atoms with Crippen molar-refractivity contribution in [3.63, 3.8) is 0 Å². The van der Waals surface area contributed by atoms with Gasteiger partial charge in [-0.1, -0.05) is 12.1 Å². The van der Waals surface area contributed by atoms with Crippen LogP contribution < -0.4 is 10.5 Å². The SMILES string of the molecule is CC(C)(C)Oc1ccc(CC(C)(N)C(=O)O)cc1. The van der Waals surface area contributed by atoms with Gasteiger partial charge in [-0.15, -0.1) is 0 Å². The van der Waals surface area contributed by atoms with Crippen LogP contribution in [0.25, 0.3) is 0 Å².